The van der Waals surface area contributed by atoms with E-state index in [1.807, 2.05) is 0 Å². The van der Waals surface area contributed by atoms with Gasteiger partial charge in [-0.15, -0.1) is 0 Å². The summed E-state index contributed by atoms with van der Waals surface area (Å²) < 4.78 is 66.0. The molecule has 0 bridgehead atoms. The minimum atomic E-state index is -5.05. The van der Waals surface area contributed by atoms with Gasteiger partial charge in [0.25, 0.3) is 0 Å². The van der Waals surface area contributed by atoms with Crippen molar-refractivity contribution in [1.29, 1.82) is 0 Å². The van der Waals surface area contributed by atoms with E-state index in [1.54, 1.807) is 35.6 Å². The van der Waals surface area contributed by atoms with Crippen molar-refractivity contribution in [3.63, 3.8) is 0 Å². The van der Waals surface area contributed by atoms with Gasteiger partial charge in [-0.25, -0.2) is 0 Å². The van der Waals surface area contributed by atoms with Crippen LogP contribution in [0.2, 0.25) is 0 Å². The van der Waals surface area contributed by atoms with Crippen LogP contribution < -0.4 is 10.0 Å². The van der Waals surface area contributed by atoms with Gasteiger partial charge >= 0.3 is 22.4 Å². The molecule has 1 aromatic carbocycles. The van der Waals surface area contributed by atoms with Crippen molar-refractivity contribution < 1.29 is 30.6 Å². The second-order valence-electron chi connectivity index (χ2n) is 5.52. The van der Waals surface area contributed by atoms with Crippen molar-refractivity contribution in [3.05, 3.63) is 35.9 Å². The van der Waals surface area contributed by atoms with E-state index in [-0.39, 0.29) is 6.42 Å². The number of benzene rings is 1. The molecular weight excluding hydrogens is 456 g/mol. The number of hydrogen-bond acceptors (Lipinski definition) is 4. The largest absolute Gasteiger partial charge is 0.471 e. The summed E-state index contributed by atoms with van der Waals surface area (Å²) in [6, 6.07) is 5.98. The fourth-order valence-electron chi connectivity index (χ4n) is 2.01. The molecule has 1 amide bonds. The Morgan fingerprint density at radius 1 is 1.19 bits per heavy atom. The lowest BCUT2D eigenvalue weighted by atomic mass is 10.0. The molecule has 0 aliphatic heterocycles. The fraction of sp³-hybridized carbons (Fsp3) is 0.500. The molecule has 6 nitrogen and oxygen atoms in total. The standard InChI is InChI=1S/C14H16Cl3F3N2O4S/c1-9(21-12(23)14(18,19)20)7-11(10-5-3-2-4-6-10)22-27(24,25)26-8-13(15,16)17/h2-6,9,11,22H,7-8H2,1H3,(H,21,23). The van der Waals surface area contributed by atoms with Gasteiger partial charge in [-0.1, -0.05) is 65.1 Å². The minimum absolute atomic E-state index is 0.192. The Balaban J connectivity index is 2.90. The highest BCUT2D eigenvalue weighted by atomic mass is 35.6. The van der Waals surface area contributed by atoms with E-state index >= 15 is 0 Å². The van der Waals surface area contributed by atoms with Gasteiger partial charge in [0.05, 0.1) is 6.04 Å². The number of amides is 1. The van der Waals surface area contributed by atoms with Crippen LogP contribution in [0.5, 0.6) is 0 Å². The van der Waals surface area contributed by atoms with Crippen LogP contribution >= 0.6 is 34.8 Å². The molecule has 2 atom stereocenters. The summed E-state index contributed by atoms with van der Waals surface area (Å²) in [6.07, 6.45) is -5.24. The highest BCUT2D eigenvalue weighted by molar-refractivity contribution is 7.84. The Bertz CT molecular complexity index is 727. The summed E-state index contributed by atoms with van der Waals surface area (Å²) in [5, 5.41) is 1.76. The minimum Gasteiger partial charge on any atom is -0.346 e. The molecule has 0 spiro atoms. The van der Waals surface area contributed by atoms with Crippen molar-refractivity contribution >= 4 is 51.0 Å². The molecule has 27 heavy (non-hydrogen) atoms. The molecule has 0 fully saturated rings. The Hall–Kier alpha value is -0.780. The zero-order valence-corrected chi connectivity index (χ0v) is 16.8. The molecule has 1 rings (SSSR count). The SMILES string of the molecule is CC(CC(NS(=O)(=O)OCC(Cl)(Cl)Cl)c1ccccc1)NC(=O)C(F)(F)F. The van der Waals surface area contributed by atoms with Crippen LogP contribution in [0.15, 0.2) is 30.3 Å². The number of alkyl halides is 6. The number of rotatable bonds is 8. The van der Waals surface area contributed by atoms with E-state index in [0.717, 1.165) is 0 Å². The molecule has 0 heterocycles. The van der Waals surface area contributed by atoms with Gasteiger partial charge in [0, 0.05) is 6.04 Å². The Morgan fingerprint density at radius 2 is 1.74 bits per heavy atom. The quantitative estimate of drug-likeness (QED) is 0.569. The fourth-order valence-corrected chi connectivity index (χ4v) is 3.35. The molecule has 1 aromatic rings. The van der Waals surface area contributed by atoms with E-state index in [2.05, 4.69) is 8.91 Å². The van der Waals surface area contributed by atoms with Gasteiger partial charge in [-0.2, -0.15) is 26.3 Å². The Morgan fingerprint density at radius 3 is 2.22 bits per heavy atom. The predicted molar refractivity (Wildman–Crippen MR) is 95.8 cm³/mol. The van der Waals surface area contributed by atoms with Crippen LogP contribution in [-0.4, -0.2) is 36.9 Å². The molecule has 0 aromatic heterocycles. The molecule has 0 saturated carbocycles. The lowest BCUT2D eigenvalue weighted by molar-refractivity contribution is -0.174. The lowest BCUT2D eigenvalue weighted by Crippen LogP contribution is -2.44. The first-order valence-electron chi connectivity index (χ1n) is 7.35. The Labute approximate surface area is 169 Å². The first kappa shape index (κ1) is 24.3. The van der Waals surface area contributed by atoms with Crippen LogP contribution in [-0.2, 0) is 19.3 Å². The van der Waals surface area contributed by atoms with E-state index in [9.17, 15) is 26.4 Å². The number of hydrogen-bond donors (Lipinski definition) is 2. The lowest BCUT2D eigenvalue weighted by Gasteiger charge is -2.24. The predicted octanol–water partition coefficient (Wildman–Crippen LogP) is 3.41. The maximum absolute atomic E-state index is 12.4. The smallest absolute Gasteiger partial charge is 0.346 e. The van der Waals surface area contributed by atoms with Gasteiger partial charge in [0.2, 0.25) is 3.79 Å². The first-order valence-corrected chi connectivity index (χ1v) is 9.90. The molecule has 0 radical (unpaired) electrons. The van der Waals surface area contributed by atoms with Gasteiger partial charge in [-0.3, -0.25) is 8.98 Å². The normalized spacial score (nSPS) is 15.2. The molecule has 0 saturated heterocycles. The molecule has 2 unspecified atom stereocenters. The van der Waals surface area contributed by atoms with Crippen LogP contribution in [0.25, 0.3) is 0 Å². The summed E-state index contributed by atoms with van der Waals surface area (Å²) in [7, 11) is -4.40. The monoisotopic (exact) mass is 470 g/mol. The van der Waals surface area contributed by atoms with Crippen molar-refractivity contribution in [2.24, 2.45) is 0 Å². The van der Waals surface area contributed by atoms with Gasteiger partial charge < -0.3 is 5.32 Å². The van der Waals surface area contributed by atoms with Crippen LogP contribution in [0.4, 0.5) is 13.2 Å². The van der Waals surface area contributed by atoms with Crippen molar-refractivity contribution in [3.8, 4) is 0 Å². The van der Waals surface area contributed by atoms with Crippen LogP contribution in [0, 0.1) is 0 Å². The van der Waals surface area contributed by atoms with E-state index in [0.29, 0.717) is 5.56 Å². The maximum atomic E-state index is 12.4. The summed E-state index contributed by atoms with van der Waals surface area (Å²) in [5.41, 5.74) is 0.437. The second-order valence-corrected chi connectivity index (χ2v) is 9.42. The van der Waals surface area contributed by atoms with Crippen LogP contribution in [0.3, 0.4) is 0 Å². The third-order valence-corrected chi connectivity index (χ3v) is 4.42. The van der Waals surface area contributed by atoms with Crippen LogP contribution in [0.1, 0.15) is 24.9 Å². The molecule has 0 aliphatic carbocycles. The van der Waals surface area contributed by atoms with E-state index in [4.69, 9.17) is 34.8 Å². The number of nitrogens with one attached hydrogen (secondary N) is 2. The number of carbonyl (C=O) groups excluding carboxylic acids is 1. The van der Waals surface area contributed by atoms with E-state index in [1.165, 1.54) is 6.92 Å². The highest BCUT2D eigenvalue weighted by Crippen LogP contribution is 2.27. The molecule has 154 valence electrons. The number of halogens is 6. The third-order valence-electron chi connectivity index (χ3n) is 3.09. The first-order chi connectivity index (χ1) is 12.2. The zero-order chi connectivity index (χ0) is 20.9. The summed E-state index contributed by atoms with van der Waals surface area (Å²) in [5.74, 6) is -2.13. The maximum Gasteiger partial charge on any atom is 0.471 e. The summed E-state index contributed by atoms with van der Waals surface area (Å²) in [6.45, 7) is 0.533. The van der Waals surface area contributed by atoms with Crippen molar-refractivity contribution in [2.75, 3.05) is 6.61 Å². The third kappa shape index (κ3) is 9.82. The average molecular weight is 472 g/mol. The summed E-state index contributed by atoms with van der Waals surface area (Å²) >= 11 is 16.3. The average Bonchev–Trinajstić information content (AvgIpc) is 2.51. The van der Waals surface area contributed by atoms with Gasteiger partial charge in [0.1, 0.15) is 6.61 Å². The number of carbonyl (C=O) groups is 1. The molecular formula is C14H16Cl3F3N2O4S. The van der Waals surface area contributed by atoms with Gasteiger partial charge in [-0.05, 0) is 18.9 Å². The van der Waals surface area contributed by atoms with E-state index < -0.39 is 44.9 Å². The second kappa shape index (κ2) is 9.62. The highest BCUT2D eigenvalue weighted by Gasteiger charge is 2.39. The van der Waals surface area contributed by atoms with Crippen molar-refractivity contribution in [2.45, 2.75) is 35.4 Å². The van der Waals surface area contributed by atoms with Gasteiger partial charge in [0.15, 0.2) is 0 Å². The zero-order valence-electron chi connectivity index (χ0n) is 13.8. The van der Waals surface area contributed by atoms with Crippen molar-refractivity contribution in [1.82, 2.24) is 10.0 Å². The topological polar surface area (TPSA) is 84.5 Å². The Kier molecular flexibility index (Phi) is 8.64. The summed E-state index contributed by atoms with van der Waals surface area (Å²) in [4.78, 5) is 11.0. The molecule has 2 N–H and O–H groups in total. The molecule has 0 aliphatic rings. The molecule has 13 heteroatoms.